The van der Waals surface area contributed by atoms with Gasteiger partial charge in [0, 0.05) is 13.5 Å². The normalized spacial score (nSPS) is 10.9. The zero-order valence-electron chi connectivity index (χ0n) is 17.0. The monoisotopic (exact) mass is 366 g/mol. The van der Waals surface area contributed by atoms with Gasteiger partial charge < -0.3 is 10.2 Å². The molecule has 0 aliphatic rings. The zero-order valence-corrected chi connectivity index (χ0v) is 17.0. The minimum Gasteiger partial charge on any atom is -0.350 e. The van der Waals surface area contributed by atoms with Crippen LogP contribution in [0.5, 0.6) is 0 Å². The summed E-state index contributed by atoms with van der Waals surface area (Å²) in [6.07, 6.45) is 0. The fourth-order valence-electron chi connectivity index (χ4n) is 3.17. The van der Waals surface area contributed by atoms with Gasteiger partial charge in [0.2, 0.25) is 11.8 Å². The van der Waals surface area contributed by atoms with Crippen molar-refractivity contribution in [2.75, 3.05) is 11.4 Å². The van der Waals surface area contributed by atoms with E-state index >= 15 is 0 Å². The third-order valence-electron chi connectivity index (χ3n) is 4.63. The van der Waals surface area contributed by atoms with Crippen LogP contribution in [0.4, 0.5) is 5.69 Å². The van der Waals surface area contributed by atoms with E-state index in [1.807, 2.05) is 48.5 Å². The second-order valence-corrected chi connectivity index (χ2v) is 7.46. The molecule has 0 spiro atoms. The van der Waals surface area contributed by atoms with E-state index in [-0.39, 0.29) is 30.2 Å². The first-order valence-corrected chi connectivity index (χ1v) is 9.52. The van der Waals surface area contributed by atoms with Crippen LogP contribution in [-0.4, -0.2) is 18.4 Å². The Kier molecular flexibility index (Phi) is 7.17. The fraction of sp³-hybridized carbons (Fsp3) is 0.391. The summed E-state index contributed by atoms with van der Waals surface area (Å²) in [6.45, 7) is 10.4. The van der Waals surface area contributed by atoms with Crippen LogP contribution in [0.2, 0.25) is 0 Å². The van der Waals surface area contributed by atoms with Crippen molar-refractivity contribution >= 4 is 17.5 Å². The van der Waals surface area contributed by atoms with Gasteiger partial charge >= 0.3 is 0 Å². The Morgan fingerprint density at radius 2 is 1.44 bits per heavy atom. The van der Waals surface area contributed by atoms with Gasteiger partial charge in [0.05, 0.1) is 5.69 Å². The molecule has 0 saturated heterocycles. The van der Waals surface area contributed by atoms with E-state index in [0.717, 1.165) is 22.4 Å². The number of anilines is 1. The molecule has 1 N–H and O–H groups in total. The number of para-hydroxylation sites is 1. The minimum atomic E-state index is -0.165. The number of hydrogen-bond donors (Lipinski definition) is 1. The lowest BCUT2D eigenvalue weighted by molar-refractivity contribution is -0.123. The van der Waals surface area contributed by atoms with Gasteiger partial charge in [-0.05, 0) is 28.5 Å². The van der Waals surface area contributed by atoms with Crippen LogP contribution < -0.4 is 10.2 Å². The highest BCUT2D eigenvalue weighted by atomic mass is 16.2. The maximum absolute atomic E-state index is 12.6. The number of hydrogen-bond acceptors (Lipinski definition) is 2. The summed E-state index contributed by atoms with van der Waals surface area (Å²) in [4.78, 5) is 26.6. The van der Waals surface area contributed by atoms with Crippen molar-refractivity contribution in [3.63, 3.8) is 0 Å². The topological polar surface area (TPSA) is 49.4 Å². The van der Waals surface area contributed by atoms with E-state index in [9.17, 15) is 9.59 Å². The van der Waals surface area contributed by atoms with E-state index in [0.29, 0.717) is 6.54 Å². The van der Waals surface area contributed by atoms with Crippen molar-refractivity contribution in [1.82, 2.24) is 5.32 Å². The molecule has 144 valence electrons. The molecule has 0 atom stereocenters. The van der Waals surface area contributed by atoms with Gasteiger partial charge in [0.1, 0.15) is 6.54 Å². The van der Waals surface area contributed by atoms with Crippen molar-refractivity contribution in [2.45, 2.75) is 53.0 Å². The maximum Gasteiger partial charge on any atom is 0.240 e. The number of carbonyl (C=O) groups excluding carboxylic acids is 2. The highest BCUT2D eigenvalue weighted by Crippen LogP contribution is 2.35. The molecule has 0 aromatic heterocycles. The Morgan fingerprint density at radius 1 is 0.889 bits per heavy atom. The Balaban J connectivity index is 2.27. The summed E-state index contributed by atoms with van der Waals surface area (Å²) in [5.41, 5.74) is 4.09. The first-order chi connectivity index (χ1) is 12.8. The second kappa shape index (κ2) is 9.36. The zero-order chi connectivity index (χ0) is 20.0. The number of amides is 2. The van der Waals surface area contributed by atoms with Gasteiger partial charge in [-0.25, -0.2) is 0 Å². The van der Waals surface area contributed by atoms with Crippen molar-refractivity contribution in [1.29, 1.82) is 0 Å². The van der Waals surface area contributed by atoms with E-state index in [1.165, 1.54) is 6.92 Å². The van der Waals surface area contributed by atoms with Gasteiger partial charge in [-0.1, -0.05) is 76.2 Å². The molecule has 0 bridgehead atoms. The van der Waals surface area contributed by atoms with E-state index < -0.39 is 0 Å². The summed E-state index contributed by atoms with van der Waals surface area (Å²) in [5, 5.41) is 2.92. The van der Waals surface area contributed by atoms with Crippen LogP contribution in [0.15, 0.2) is 48.5 Å². The number of benzene rings is 2. The Hall–Kier alpha value is -2.62. The SMILES string of the molecule is CC(=O)N(CC(=O)NCc1ccccc1)c1c(C(C)C)cccc1C(C)C. The Bertz CT molecular complexity index is 756. The van der Waals surface area contributed by atoms with E-state index in [4.69, 9.17) is 0 Å². The fourth-order valence-corrected chi connectivity index (χ4v) is 3.17. The van der Waals surface area contributed by atoms with Crippen LogP contribution in [0.3, 0.4) is 0 Å². The van der Waals surface area contributed by atoms with Crippen LogP contribution in [-0.2, 0) is 16.1 Å². The lowest BCUT2D eigenvalue weighted by Crippen LogP contribution is -2.40. The van der Waals surface area contributed by atoms with Crippen LogP contribution >= 0.6 is 0 Å². The standard InChI is InChI=1S/C23H30N2O2/c1-16(2)20-12-9-13-21(17(3)4)23(20)25(18(5)26)15-22(27)24-14-19-10-7-6-8-11-19/h6-13,16-17H,14-15H2,1-5H3,(H,24,27). The largest absolute Gasteiger partial charge is 0.350 e. The van der Waals surface area contributed by atoms with E-state index in [1.54, 1.807) is 4.90 Å². The number of carbonyl (C=O) groups is 2. The minimum absolute atomic E-state index is 0.0195. The molecule has 27 heavy (non-hydrogen) atoms. The first-order valence-electron chi connectivity index (χ1n) is 9.52. The second-order valence-electron chi connectivity index (χ2n) is 7.46. The summed E-state index contributed by atoms with van der Waals surface area (Å²) < 4.78 is 0. The Morgan fingerprint density at radius 3 is 1.93 bits per heavy atom. The maximum atomic E-state index is 12.6. The predicted octanol–water partition coefficient (Wildman–Crippen LogP) is 4.60. The molecule has 0 saturated carbocycles. The third-order valence-corrected chi connectivity index (χ3v) is 4.63. The van der Waals surface area contributed by atoms with Crippen molar-refractivity contribution < 1.29 is 9.59 Å². The molecule has 4 nitrogen and oxygen atoms in total. The van der Waals surface area contributed by atoms with Crippen molar-refractivity contribution in [3.8, 4) is 0 Å². The molecule has 0 aliphatic heterocycles. The lowest BCUT2D eigenvalue weighted by atomic mass is 9.91. The summed E-state index contributed by atoms with van der Waals surface area (Å²) in [7, 11) is 0. The molecular formula is C23H30N2O2. The van der Waals surface area contributed by atoms with E-state index in [2.05, 4.69) is 33.0 Å². The smallest absolute Gasteiger partial charge is 0.240 e. The molecule has 2 amide bonds. The molecule has 2 aromatic carbocycles. The molecule has 0 aliphatic carbocycles. The number of nitrogens with one attached hydrogen (secondary N) is 1. The molecule has 0 unspecified atom stereocenters. The van der Waals surface area contributed by atoms with Crippen LogP contribution in [0.1, 0.15) is 63.1 Å². The predicted molar refractivity (Wildman–Crippen MR) is 111 cm³/mol. The van der Waals surface area contributed by atoms with Crippen LogP contribution in [0, 0.1) is 0 Å². The molecule has 2 aromatic rings. The molecule has 0 heterocycles. The molecule has 0 radical (unpaired) electrons. The highest BCUT2D eigenvalue weighted by Gasteiger charge is 2.24. The number of rotatable bonds is 7. The summed E-state index contributed by atoms with van der Waals surface area (Å²) >= 11 is 0. The summed E-state index contributed by atoms with van der Waals surface area (Å²) in [6, 6.07) is 15.9. The van der Waals surface area contributed by atoms with Crippen molar-refractivity contribution in [3.05, 3.63) is 65.2 Å². The van der Waals surface area contributed by atoms with Gasteiger partial charge in [0.25, 0.3) is 0 Å². The average Bonchev–Trinajstić information content (AvgIpc) is 2.64. The third kappa shape index (κ3) is 5.43. The van der Waals surface area contributed by atoms with Crippen molar-refractivity contribution in [2.24, 2.45) is 0 Å². The first kappa shape index (κ1) is 20.7. The highest BCUT2D eigenvalue weighted by molar-refractivity contribution is 5.99. The average molecular weight is 367 g/mol. The summed E-state index contributed by atoms with van der Waals surface area (Å²) in [5.74, 6) is 0.225. The lowest BCUT2D eigenvalue weighted by Gasteiger charge is -2.29. The molecule has 0 fully saturated rings. The molecule has 4 heteroatoms. The quantitative estimate of drug-likeness (QED) is 0.778. The Labute approximate surface area is 162 Å². The van der Waals surface area contributed by atoms with Gasteiger partial charge in [0.15, 0.2) is 0 Å². The van der Waals surface area contributed by atoms with Crippen LogP contribution in [0.25, 0.3) is 0 Å². The molecule has 2 rings (SSSR count). The van der Waals surface area contributed by atoms with Gasteiger partial charge in [-0.3, -0.25) is 9.59 Å². The number of nitrogens with zero attached hydrogens (tertiary/aromatic N) is 1. The molecular weight excluding hydrogens is 336 g/mol. The van der Waals surface area contributed by atoms with Gasteiger partial charge in [-0.2, -0.15) is 0 Å². The van der Waals surface area contributed by atoms with Gasteiger partial charge in [-0.15, -0.1) is 0 Å².